The van der Waals surface area contributed by atoms with Crippen molar-refractivity contribution in [3.63, 3.8) is 0 Å². The van der Waals surface area contributed by atoms with Gasteiger partial charge in [-0.05, 0) is 36.8 Å². The van der Waals surface area contributed by atoms with Crippen molar-refractivity contribution in [2.45, 2.75) is 31.2 Å². The first-order valence-electron chi connectivity index (χ1n) is 10.6. The molecule has 8 nitrogen and oxygen atoms in total. The van der Waals surface area contributed by atoms with Gasteiger partial charge in [0.05, 0.1) is 11.8 Å². The van der Waals surface area contributed by atoms with Gasteiger partial charge in [-0.25, -0.2) is 4.98 Å². The molecule has 0 saturated carbocycles. The highest BCUT2D eigenvalue weighted by Gasteiger charge is 2.34. The Hall–Kier alpha value is -3.73. The number of alkyl halides is 3. The molecule has 0 bridgehead atoms. The minimum Gasteiger partial charge on any atom is -0.416 e. The molecule has 34 heavy (non-hydrogen) atoms. The number of rotatable bonds is 4. The van der Waals surface area contributed by atoms with Gasteiger partial charge in [0, 0.05) is 37.9 Å². The van der Waals surface area contributed by atoms with Crippen LogP contribution in [-0.4, -0.2) is 50.1 Å². The summed E-state index contributed by atoms with van der Waals surface area (Å²) < 4.78 is 52.6. The van der Waals surface area contributed by atoms with E-state index in [9.17, 15) is 18.0 Å². The third kappa shape index (κ3) is 4.14. The van der Waals surface area contributed by atoms with Crippen LogP contribution >= 0.6 is 0 Å². The molecule has 5 rings (SSSR count). The van der Waals surface area contributed by atoms with Gasteiger partial charge in [-0.2, -0.15) is 13.2 Å². The largest absolute Gasteiger partial charge is 0.416 e. The highest BCUT2D eigenvalue weighted by Crippen LogP contribution is 2.33. The van der Waals surface area contributed by atoms with E-state index in [1.807, 2.05) is 28.8 Å². The van der Waals surface area contributed by atoms with Crippen molar-refractivity contribution in [3.05, 3.63) is 71.9 Å². The second-order valence-corrected chi connectivity index (χ2v) is 8.05. The molecule has 1 fully saturated rings. The Morgan fingerprint density at radius 2 is 2.03 bits per heavy atom. The number of aromatic nitrogens is 4. The molecular weight excluding hydrogens is 451 g/mol. The normalized spacial score (nSPS) is 18.8. The zero-order valence-electron chi connectivity index (χ0n) is 18.1. The molecular formula is C23H20F3N5O3. The Morgan fingerprint density at radius 1 is 1.18 bits per heavy atom. The van der Waals surface area contributed by atoms with Crippen LogP contribution in [0.5, 0.6) is 0 Å². The topological polar surface area (TPSA) is 85.8 Å². The Kier molecular flexibility index (Phi) is 5.56. The molecule has 4 heterocycles. The maximum Gasteiger partial charge on any atom is 0.416 e. The minimum absolute atomic E-state index is 0.0203. The third-order valence-electron chi connectivity index (χ3n) is 5.91. The molecule has 0 unspecified atom stereocenters. The van der Waals surface area contributed by atoms with Crippen molar-refractivity contribution < 1.29 is 27.1 Å². The van der Waals surface area contributed by atoms with Crippen LogP contribution in [-0.2, 0) is 10.9 Å². The van der Waals surface area contributed by atoms with E-state index < -0.39 is 23.8 Å². The molecule has 0 N–H and O–H groups in total. The molecule has 1 saturated heterocycles. The zero-order valence-corrected chi connectivity index (χ0v) is 18.1. The lowest BCUT2D eigenvalue weighted by atomic mass is 10.0. The number of halogens is 3. The first-order chi connectivity index (χ1) is 16.3. The van der Waals surface area contributed by atoms with Crippen LogP contribution in [0.3, 0.4) is 0 Å². The number of nitrogens with zero attached hydrogens (tertiary/aromatic N) is 5. The van der Waals surface area contributed by atoms with Crippen LogP contribution < -0.4 is 0 Å². The summed E-state index contributed by atoms with van der Waals surface area (Å²) in [5.74, 6) is 0.0621. The van der Waals surface area contributed by atoms with E-state index in [-0.39, 0.29) is 23.4 Å². The van der Waals surface area contributed by atoms with Crippen LogP contribution in [0.2, 0.25) is 0 Å². The Morgan fingerprint density at radius 3 is 2.85 bits per heavy atom. The van der Waals surface area contributed by atoms with Crippen LogP contribution in [0, 0.1) is 0 Å². The molecule has 0 spiro atoms. The van der Waals surface area contributed by atoms with Crippen molar-refractivity contribution in [1.82, 2.24) is 24.5 Å². The van der Waals surface area contributed by atoms with Crippen molar-refractivity contribution in [1.29, 1.82) is 0 Å². The lowest BCUT2D eigenvalue weighted by Gasteiger charge is -2.34. The molecule has 3 aromatic heterocycles. The highest BCUT2D eigenvalue weighted by atomic mass is 19.4. The predicted molar refractivity (Wildman–Crippen MR) is 114 cm³/mol. The van der Waals surface area contributed by atoms with Crippen molar-refractivity contribution in [3.8, 4) is 11.6 Å². The van der Waals surface area contributed by atoms with Crippen LogP contribution in [0.1, 0.15) is 40.8 Å². The molecule has 1 aliphatic rings. The maximum atomic E-state index is 13.0. The van der Waals surface area contributed by atoms with Crippen LogP contribution in [0.25, 0.3) is 17.2 Å². The van der Waals surface area contributed by atoms with E-state index >= 15 is 0 Å². The molecule has 0 aliphatic carbocycles. The average Bonchev–Trinajstić information content (AvgIpc) is 3.50. The fourth-order valence-electron chi connectivity index (χ4n) is 4.06. The van der Waals surface area contributed by atoms with Gasteiger partial charge in [0.25, 0.3) is 11.8 Å². The molecule has 2 atom stereocenters. The van der Waals surface area contributed by atoms with Gasteiger partial charge in [-0.15, -0.1) is 10.2 Å². The summed E-state index contributed by atoms with van der Waals surface area (Å²) in [5.41, 5.74) is 0.495. The molecule has 1 aromatic carbocycles. The maximum absolute atomic E-state index is 13.0. The van der Waals surface area contributed by atoms with Crippen molar-refractivity contribution in [2.75, 3.05) is 13.7 Å². The molecule has 4 aromatic rings. The lowest BCUT2D eigenvalue weighted by molar-refractivity contribution is -0.137. The zero-order chi connectivity index (χ0) is 23.9. The van der Waals surface area contributed by atoms with Gasteiger partial charge in [0.15, 0.2) is 0 Å². The SMILES string of the molecule is CN(C(=O)c1cccc(C(F)(F)F)c1)[C@@H]1CCO[C@H](c2nnc(-c3cnc4ccccn34)o2)C1. The van der Waals surface area contributed by atoms with Crippen molar-refractivity contribution >= 4 is 11.6 Å². The second kappa shape index (κ2) is 8.56. The number of fused-ring (bicyclic) bond motifs is 1. The van der Waals surface area contributed by atoms with E-state index in [0.29, 0.717) is 25.1 Å². The number of carbonyl (C=O) groups is 1. The molecule has 11 heteroatoms. The highest BCUT2D eigenvalue weighted by molar-refractivity contribution is 5.94. The number of hydrogen-bond donors (Lipinski definition) is 0. The van der Waals surface area contributed by atoms with Crippen LogP contribution in [0.4, 0.5) is 13.2 Å². The Balaban J connectivity index is 1.32. The van der Waals surface area contributed by atoms with Gasteiger partial charge in [0.2, 0.25) is 5.89 Å². The summed E-state index contributed by atoms with van der Waals surface area (Å²) in [4.78, 5) is 18.7. The molecule has 1 aliphatic heterocycles. The summed E-state index contributed by atoms with van der Waals surface area (Å²) in [7, 11) is 1.58. The number of pyridine rings is 1. The van der Waals surface area contributed by atoms with E-state index in [0.717, 1.165) is 17.8 Å². The first-order valence-corrected chi connectivity index (χ1v) is 10.6. The lowest BCUT2D eigenvalue weighted by Crippen LogP contribution is -2.41. The number of ether oxygens (including phenoxy) is 1. The summed E-state index contributed by atoms with van der Waals surface area (Å²) in [6.07, 6.45) is -0.686. The van der Waals surface area contributed by atoms with E-state index in [1.165, 1.54) is 17.0 Å². The number of benzene rings is 1. The predicted octanol–water partition coefficient (Wildman–Crippen LogP) is 4.40. The molecule has 1 amide bonds. The van der Waals surface area contributed by atoms with Gasteiger partial charge in [-0.1, -0.05) is 12.1 Å². The number of carbonyl (C=O) groups excluding carboxylic acids is 1. The van der Waals surface area contributed by atoms with E-state index in [4.69, 9.17) is 9.15 Å². The summed E-state index contributed by atoms with van der Waals surface area (Å²) >= 11 is 0. The van der Waals surface area contributed by atoms with Crippen LogP contribution in [0.15, 0.2) is 59.3 Å². The van der Waals surface area contributed by atoms with E-state index in [2.05, 4.69) is 15.2 Å². The average molecular weight is 471 g/mol. The number of amides is 1. The minimum atomic E-state index is -4.52. The summed E-state index contributed by atoms with van der Waals surface area (Å²) in [5, 5.41) is 8.25. The second-order valence-electron chi connectivity index (χ2n) is 8.05. The number of imidazole rings is 1. The quantitative estimate of drug-likeness (QED) is 0.439. The van der Waals surface area contributed by atoms with Gasteiger partial charge in [-0.3, -0.25) is 9.20 Å². The fourth-order valence-corrected chi connectivity index (χ4v) is 4.06. The number of hydrogen-bond acceptors (Lipinski definition) is 6. The third-order valence-corrected chi connectivity index (χ3v) is 5.91. The summed E-state index contributed by atoms with van der Waals surface area (Å²) in [6.45, 7) is 0.336. The van der Waals surface area contributed by atoms with Gasteiger partial charge in [0.1, 0.15) is 17.4 Å². The molecule has 0 radical (unpaired) electrons. The van der Waals surface area contributed by atoms with Gasteiger partial charge >= 0.3 is 6.18 Å². The standard InChI is InChI=1S/C23H20F3N5O3/c1-30(22(32)14-5-4-6-15(11-14)23(24,25)26)16-8-10-33-18(12-16)21-29-28-20(34-21)17-13-27-19-7-2-3-9-31(17)19/h2-7,9,11,13,16,18H,8,10,12H2,1H3/t16-,18+/m1/s1. The van der Waals surface area contributed by atoms with Crippen molar-refractivity contribution in [2.24, 2.45) is 0 Å². The molecule has 176 valence electrons. The smallest absolute Gasteiger partial charge is 0.416 e. The Labute approximate surface area is 192 Å². The monoisotopic (exact) mass is 471 g/mol. The van der Waals surface area contributed by atoms with E-state index in [1.54, 1.807) is 13.2 Å². The van der Waals surface area contributed by atoms with Gasteiger partial charge < -0.3 is 14.1 Å². The fraction of sp³-hybridized carbons (Fsp3) is 0.304. The Bertz CT molecular complexity index is 1330. The first kappa shape index (κ1) is 22.1. The summed E-state index contributed by atoms with van der Waals surface area (Å²) in [6, 6.07) is 9.75.